The molecule has 0 saturated carbocycles. The number of aliphatic hydroxyl groups excluding tert-OH is 2. The van der Waals surface area contributed by atoms with E-state index < -0.39 is 29.7 Å². The summed E-state index contributed by atoms with van der Waals surface area (Å²) in [6, 6.07) is 2.14. The third-order valence-electron chi connectivity index (χ3n) is 2.50. The minimum atomic E-state index is -4.58. The average Bonchev–Trinajstić information content (AvgIpc) is 2.27. The molecular formula is C11H14F3NO3. The van der Waals surface area contributed by atoms with Gasteiger partial charge in [0.2, 0.25) is 0 Å². The van der Waals surface area contributed by atoms with E-state index in [0.29, 0.717) is 12.1 Å². The number of aromatic hydroxyl groups is 1. The summed E-state index contributed by atoms with van der Waals surface area (Å²) in [5, 5.41) is 28.5. The summed E-state index contributed by atoms with van der Waals surface area (Å²) in [5.41, 5.74) is 3.79. The second-order valence-electron chi connectivity index (χ2n) is 3.86. The van der Waals surface area contributed by atoms with Crippen LogP contribution in [0.3, 0.4) is 0 Å². The molecule has 0 radical (unpaired) electrons. The maximum absolute atomic E-state index is 12.5. The zero-order valence-electron chi connectivity index (χ0n) is 9.35. The van der Waals surface area contributed by atoms with Crippen molar-refractivity contribution in [3.63, 3.8) is 0 Å². The van der Waals surface area contributed by atoms with E-state index in [9.17, 15) is 28.5 Å². The summed E-state index contributed by atoms with van der Waals surface area (Å²) in [4.78, 5) is 0. The van der Waals surface area contributed by atoms with Crippen LogP contribution >= 0.6 is 0 Å². The molecule has 4 nitrogen and oxygen atoms in total. The van der Waals surface area contributed by atoms with Crippen LogP contribution in [0, 0.1) is 0 Å². The van der Waals surface area contributed by atoms with Crippen LogP contribution in [0.1, 0.15) is 23.7 Å². The van der Waals surface area contributed by atoms with Gasteiger partial charge in [-0.3, -0.25) is 0 Å². The molecule has 102 valence electrons. The molecule has 0 fully saturated rings. The third kappa shape index (κ3) is 3.34. The Kier molecular flexibility index (Phi) is 4.55. The minimum Gasteiger partial charge on any atom is -0.508 e. The molecule has 2 unspecified atom stereocenters. The van der Waals surface area contributed by atoms with Crippen LogP contribution in [-0.2, 0) is 6.18 Å². The molecule has 0 bridgehead atoms. The van der Waals surface area contributed by atoms with E-state index in [4.69, 9.17) is 5.73 Å². The molecule has 0 aromatic heterocycles. The highest BCUT2D eigenvalue weighted by atomic mass is 19.4. The molecule has 1 aromatic rings. The average molecular weight is 265 g/mol. The summed E-state index contributed by atoms with van der Waals surface area (Å²) in [5.74, 6) is -0.508. The molecule has 0 aliphatic heterocycles. The van der Waals surface area contributed by atoms with Crippen LogP contribution in [-0.4, -0.2) is 28.0 Å². The molecule has 5 N–H and O–H groups in total. The molecular weight excluding hydrogens is 251 g/mol. The van der Waals surface area contributed by atoms with Gasteiger partial charge in [0, 0.05) is 5.56 Å². The van der Waals surface area contributed by atoms with E-state index >= 15 is 0 Å². The number of nitrogens with two attached hydrogens (primary N) is 1. The van der Waals surface area contributed by atoms with E-state index in [1.807, 2.05) is 0 Å². The van der Waals surface area contributed by atoms with Crippen LogP contribution < -0.4 is 5.73 Å². The Bertz CT molecular complexity index is 409. The van der Waals surface area contributed by atoms with Gasteiger partial charge in [-0.1, -0.05) is 0 Å². The Labute approximate surface area is 101 Å². The van der Waals surface area contributed by atoms with E-state index in [0.717, 1.165) is 6.07 Å². The first-order valence-electron chi connectivity index (χ1n) is 5.23. The molecule has 1 rings (SSSR count). The summed E-state index contributed by atoms with van der Waals surface area (Å²) in [6.07, 6.45) is -7.52. The van der Waals surface area contributed by atoms with Gasteiger partial charge in [0.25, 0.3) is 0 Å². The smallest absolute Gasteiger partial charge is 0.416 e. The van der Waals surface area contributed by atoms with Gasteiger partial charge in [-0.05, 0) is 31.2 Å². The normalized spacial score (nSPS) is 15.4. The highest BCUT2D eigenvalue weighted by Crippen LogP contribution is 2.35. The maximum atomic E-state index is 12.5. The zero-order chi connectivity index (χ0) is 13.9. The summed E-state index contributed by atoms with van der Waals surface area (Å²) < 4.78 is 37.4. The lowest BCUT2D eigenvalue weighted by molar-refractivity contribution is -0.137. The van der Waals surface area contributed by atoms with Crippen LogP contribution in [0.25, 0.3) is 0 Å². The second kappa shape index (κ2) is 5.55. The van der Waals surface area contributed by atoms with Gasteiger partial charge in [-0.15, -0.1) is 0 Å². The van der Waals surface area contributed by atoms with Crippen molar-refractivity contribution in [2.75, 3.05) is 6.54 Å². The Hall–Kier alpha value is -1.31. The molecule has 0 spiro atoms. The number of hydrogen-bond donors (Lipinski definition) is 4. The third-order valence-corrected chi connectivity index (χ3v) is 2.50. The molecule has 0 saturated heterocycles. The van der Waals surface area contributed by atoms with Crippen molar-refractivity contribution < 1.29 is 28.5 Å². The first-order valence-corrected chi connectivity index (χ1v) is 5.23. The fourth-order valence-corrected chi connectivity index (χ4v) is 1.50. The van der Waals surface area contributed by atoms with Gasteiger partial charge in [0.1, 0.15) is 11.9 Å². The quantitative estimate of drug-likeness (QED) is 0.658. The minimum absolute atomic E-state index is 0.0108. The molecule has 0 amide bonds. The molecule has 0 aliphatic rings. The van der Waals surface area contributed by atoms with Crippen LogP contribution in [0.15, 0.2) is 18.2 Å². The van der Waals surface area contributed by atoms with E-state index in [1.165, 1.54) is 0 Å². The van der Waals surface area contributed by atoms with Gasteiger partial charge >= 0.3 is 6.18 Å². The largest absolute Gasteiger partial charge is 0.508 e. The SMILES string of the molecule is NCCC(O)C(O)c1cc(C(F)(F)F)ccc1O. The van der Waals surface area contributed by atoms with E-state index in [2.05, 4.69) is 0 Å². The number of alkyl halides is 3. The fourth-order valence-electron chi connectivity index (χ4n) is 1.50. The Balaban J connectivity index is 3.08. The topological polar surface area (TPSA) is 86.7 Å². The van der Waals surface area contributed by atoms with E-state index in [-0.39, 0.29) is 18.5 Å². The van der Waals surface area contributed by atoms with Crippen LogP contribution in [0.4, 0.5) is 13.2 Å². The van der Waals surface area contributed by atoms with Crippen molar-refractivity contribution in [2.24, 2.45) is 5.73 Å². The number of benzene rings is 1. The number of phenolic OH excluding ortho intramolecular Hbond substituents is 1. The molecule has 0 heterocycles. The summed E-state index contributed by atoms with van der Waals surface area (Å²) in [6.45, 7) is 0.0674. The lowest BCUT2D eigenvalue weighted by Gasteiger charge is -2.19. The van der Waals surface area contributed by atoms with Crippen molar-refractivity contribution in [1.82, 2.24) is 0 Å². The lowest BCUT2D eigenvalue weighted by Crippen LogP contribution is -2.22. The number of aliphatic hydroxyl groups is 2. The van der Waals surface area contributed by atoms with Crippen molar-refractivity contribution in [3.05, 3.63) is 29.3 Å². The van der Waals surface area contributed by atoms with E-state index in [1.54, 1.807) is 0 Å². The molecule has 1 aromatic carbocycles. The van der Waals surface area contributed by atoms with Gasteiger partial charge < -0.3 is 21.1 Å². The van der Waals surface area contributed by atoms with Gasteiger partial charge in [-0.2, -0.15) is 13.2 Å². The summed E-state index contributed by atoms with van der Waals surface area (Å²) in [7, 11) is 0. The van der Waals surface area contributed by atoms with Crippen molar-refractivity contribution in [3.8, 4) is 5.75 Å². The monoisotopic (exact) mass is 265 g/mol. The molecule has 7 heteroatoms. The Morgan fingerprint density at radius 1 is 1.22 bits per heavy atom. The first kappa shape index (κ1) is 14.7. The Morgan fingerprint density at radius 3 is 2.33 bits per heavy atom. The summed E-state index contributed by atoms with van der Waals surface area (Å²) >= 11 is 0. The van der Waals surface area contributed by atoms with Crippen molar-refractivity contribution in [2.45, 2.75) is 24.8 Å². The molecule has 18 heavy (non-hydrogen) atoms. The van der Waals surface area contributed by atoms with Gasteiger partial charge in [0.05, 0.1) is 11.7 Å². The predicted molar refractivity (Wildman–Crippen MR) is 57.7 cm³/mol. The Morgan fingerprint density at radius 2 is 1.83 bits per heavy atom. The van der Waals surface area contributed by atoms with Gasteiger partial charge in [0.15, 0.2) is 0 Å². The fraction of sp³-hybridized carbons (Fsp3) is 0.455. The van der Waals surface area contributed by atoms with Crippen molar-refractivity contribution >= 4 is 0 Å². The highest BCUT2D eigenvalue weighted by Gasteiger charge is 2.32. The zero-order valence-corrected chi connectivity index (χ0v) is 9.35. The maximum Gasteiger partial charge on any atom is 0.416 e. The standard InChI is InChI=1S/C11H14F3NO3/c12-11(13,14)6-1-2-8(16)7(5-6)10(18)9(17)3-4-15/h1-2,5,9-10,16-18H,3-4,15H2. The number of phenols is 1. The lowest BCUT2D eigenvalue weighted by atomic mass is 9.99. The molecule has 2 atom stereocenters. The van der Waals surface area contributed by atoms with Gasteiger partial charge in [-0.25, -0.2) is 0 Å². The molecule has 0 aliphatic carbocycles. The van der Waals surface area contributed by atoms with Crippen molar-refractivity contribution in [1.29, 1.82) is 0 Å². The van der Waals surface area contributed by atoms with Crippen LogP contribution in [0.2, 0.25) is 0 Å². The number of hydrogen-bond acceptors (Lipinski definition) is 4. The first-order chi connectivity index (χ1) is 8.27. The van der Waals surface area contributed by atoms with Crippen LogP contribution in [0.5, 0.6) is 5.75 Å². The number of rotatable bonds is 4. The second-order valence-corrected chi connectivity index (χ2v) is 3.86. The highest BCUT2D eigenvalue weighted by molar-refractivity contribution is 5.39. The number of halogens is 3. The predicted octanol–water partition coefficient (Wildman–Crippen LogP) is 1.15.